The molecule has 2 rings (SSSR count). The van der Waals surface area contributed by atoms with E-state index in [0.29, 0.717) is 5.15 Å². The molecule has 1 fully saturated rings. The quantitative estimate of drug-likeness (QED) is 0.599. The molecule has 1 aromatic heterocycles. The van der Waals surface area contributed by atoms with Gasteiger partial charge in [-0.05, 0) is 42.8 Å². The third-order valence-electron chi connectivity index (χ3n) is 2.68. The second-order valence-electron chi connectivity index (χ2n) is 3.88. The molecule has 1 saturated carbocycles. The normalized spacial score (nSPS) is 15.2. The molecule has 17 heavy (non-hydrogen) atoms. The highest BCUT2D eigenvalue weighted by Crippen LogP contribution is 2.47. The van der Waals surface area contributed by atoms with Crippen LogP contribution in [0.15, 0.2) is 12.1 Å². The molecule has 1 heterocycles. The molecule has 0 spiro atoms. The smallest absolute Gasteiger partial charge is 0.130 e. The first-order valence-corrected chi connectivity index (χ1v) is 6.60. The summed E-state index contributed by atoms with van der Waals surface area (Å²) in [7, 11) is 3.46. The van der Waals surface area contributed by atoms with E-state index in [0.717, 1.165) is 29.4 Å². The highest BCUT2D eigenvalue weighted by atomic mass is 35.5. The maximum absolute atomic E-state index is 9.08. The van der Waals surface area contributed by atoms with Gasteiger partial charge in [0.15, 0.2) is 0 Å². The first-order valence-electron chi connectivity index (χ1n) is 5.72. The van der Waals surface area contributed by atoms with E-state index in [-0.39, 0.29) is 5.41 Å². The van der Waals surface area contributed by atoms with Gasteiger partial charge >= 0.3 is 0 Å². The number of rotatable bonds is 2. The van der Waals surface area contributed by atoms with E-state index < -0.39 is 0 Å². The van der Waals surface area contributed by atoms with Crippen LogP contribution < -0.4 is 0 Å². The molecule has 0 unspecified atom stereocenters. The van der Waals surface area contributed by atoms with Crippen molar-refractivity contribution in [2.75, 3.05) is 0 Å². The van der Waals surface area contributed by atoms with Gasteiger partial charge in [0, 0.05) is 0 Å². The fraction of sp³-hybridized carbons (Fsp3) is 0.462. The van der Waals surface area contributed by atoms with E-state index in [4.69, 9.17) is 16.9 Å². The number of hydrogen-bond donors (Lipinski definition) is 0. The lowest BCUT2D eigenvalue weighted by molar-refractivity contribution is 0.854. The van der Waals surface area contributed by atoms with Gasteiger partial charge in [0.05, 0.1) is 17.2 Å². The van der Waals surface area contributed by atoms with Crippen molar-refractivity contribution in [3.63, 3.8) is 0 Å². The highest BCUT2D eigenvalue weighted by Gasteiger charge is 2.46. The summed E-state index contributed by atoms with van der Waals surface area (Å²) in [6.45, 7) is 5.94. The topological polar surface area (TPSA) is 36.7 Å². The molecule has 0 N–H and O–H groups in total. The maximum Gasteiger partial charge on any atom is 0.130 e. The van der Waals surface area contributed by atoms with Gasteiger partial charge in [-0.1, -0.05) is 25.4 Å². The van der Waals surface area contributed by atoms with Crippen molar-refractivity contribution in [2.45, 2.75) is 39.0 Å². The molecule has 0 saturated heterocycles. The van der Waals surface area contributed by atoms with Crippen LogP contribution in [0.25, 0.3) is 0 Å². The molecule has 90 valence electrons. The Kier molecular flexibility index (Phi) is 4.69. The lowest BCUT2D eigenvalue weighted by Crippen LogP contribution is -2.07. The van der Waals surface area contributed by atoms with E-state index in [1.54, 1.807) is 6.07 Å². The third kappa shape index (κ3) is 3.06. The number of nitrogens with zero attached hydrogens (tertiary/aromatic N) is 2. The molecular weight excluding hydrogens is 251 g/mol. The molecule has 0 atom stereocenters. The summed E-state index contributed by atoms with van der Waals surface area (Å²) in [5.74, 6) is 0. The first kappa shape index (κ1) is 14.2. The van der Waals surface area contributed by atoms with Crippen LogP contribution in [-0.2, 0) is 5.41 Å². The number of pyridine rings is 1. The van der Waals surface area contributed by atoms with Crippen LogP contribution in [0.2, 0.25) is 5.15 Å². The fourth-order valence-electron chi connectivity index (χ4n) is 1.51. The van der Waals surface area contributed by atoms with Gasteiger partial charge in [-0.15, -0.1) is 8.86 Å². The Bertz CT molecular complexity index is 473. The predicted octanol–water partition coefficient (Wildman–Crippen LogP) is 4.00. The second kappa shape index (κ2) is 5.63. The third-order valence-corrected chi connectivity index (χ3v) is 3.16. The number of aromatic nitrogens is 1. The minimum Gasteiger partial charge on any atom is -0.239 e. The molecule has 1 aromatic rings. The standard InChI is InChI=1S/C11H10ClN2P.C2H6/c1-7(15)8-4-9(14-10(12)5-8)11(6-13)2-3-11;1-2/h4-5,15H,2-3H2,1H3;1-2H3. The van der Waals surface area contributed by atoms with Crippen molar-refractivity contribution < 1.29 is 0 Å². The van der Waals surface area contributed by atoms with Gasteiger partial charge in [-0.2, -0.15) is 5.26 Å². The fourth-order valence-corrected chi connectivity index (χ4v) is 1.86. The van der Waals surface area contributed by atoms with E-state index in [9.17, 15) is 0 Å². The molecule has 0 amide bonds. The zero-order valence-corrected chi connectivity index (χ0v) is 12.1. The van der Waals surface area contributed by atoms with Gasteiger partial charge in [-0.25, -0.2) is 4.98 Å². The summed E-state index contributed by atoms with van der Waals surface area (Å²) < 4.78 is 0. The van der Waals surface area contributed by atoms with Crippen LogP contribution in [0, 0.1) is 11.3 Å². The Morgan fingerprint density at radius 2 is 2.06 bits per heavy atom. The second-order valence-corrected chi connectivity index (χ2v) is 5.02. The molecule has 1 aliphatic carbocycles. The van der Waals surface area contributed by atoms with Gasteiger partial charge in [-0.3, -0.25) is 0 Å². The zero-order valence-electron chi connectivity index (χ0n) is 10.3. The Morgan fingerprint density at radius 1 is 1.47 bits per heavy atom. The summed E-state index contributed by atoms with van der Waals surface area (Å²) in [5, 5.41) is 10.5. The van der Waals surface area contributed by atoms with Gasteiger partial charge in [0.25, 0.3) is 0 Å². The maximum atomic E-state index is 9.08. The van der Waals surface area contributed by atoms with Gasteiger partial charge in [0.1, 0.15) is 5.15 Å². The molecular formula is C13H16ClN2P. The number of hydrogen-bond acceptors (Lipinski definition) is 2. The molecule has 0 radical (unpaired) electrons. The van der Waals surface area contributed by atoms with Gasteiger partial charge in [0.2, 0.25) is 0 Å². The minimum atomic E-state index is -0.374. The molecule has 0 aliphatic heterocycles. The van der Waals surface area contributed by atoms with E-state index in [1.807, 2.05) is 26.8 Å². The highest BCUT2D eigenvalue weighted by molar-refractivity contribution is 7.22. The Labute approximate surface area is 110 Å². The molecule has 0 aromatic carbocycles. The van der Waals surface area contributed by atoms with Crippen LogP contribution in [0.1, 0.15) is 44.9 Å². The van der Waals surface area contributed by atoms with Crippen molar-refractivity contribution in [1.29, 1.82) is 5.26 Å². The largest absolute Gasteiger partial charge is 0.239 e. The van der Waals surface area contributed by atoms with Crippen molar-refractivity contribution in [3.8, 4) is 6.07 Å². The van der Waals surface area contributed by atoms with E-state index in [1.165, 1.54) is 0 Å². The minimum absolute atomic E-state index is 0.374. The summed E-state index contributed by atoms with van der Waals surface area (Å²) in [4.78, 5) is 4.23. The van der Waals surface area contributed by atoms with Crippen LogP contribution in [0.5, 0.6) is 0 Å². The molecule has 4 heteroatoms. The average Bonchev–Trinajstić information content (AvgIpc) is 3.11. The lowest BCUT2D eigenvalue weighted by Gasteiger charge is -2.08. The molecule has 0 bridgehead atoms. The average molecular weight is 267 g/mol. The summed E-state index contributed by atoms with van der Waals surface area (Å²) >= 11 is 5.93. The SMILES string of the molecule is CC.CC(=P)c1cc(Cl)nc(C2(C#N)CC2)c1. The summed E-state index contributed by atoms with van der Waals surface area (Å²) in [6.07, 6.45) is 1.77. The molecule has 1 aliphatic rings. The van der Waals surface area contributed by atoms with E-state index >= 15 is 0 Å². The van der Waals surface area contributed by atoms with Crippen molar-refractivity contribution >= 4 is 25.8 Å². The zero-order chi connectivity index (χ0) is 13.1. The van der Waals surface area contributed by atoms with Crippen LogP contribution in [0.4, 0.5) is 0 Å². The Balaban J connectivity index is 0.000000686. The van der Waals surface area contributed by atoms with Crippen molar-refractivity contribution in [1.82, 2.24) is 4.98 Å². The lowest BCUT2D eigenvalue weighted by atomic mass is 10.0. The monoisotopic (exact) mass is 266 g/mol. The van der Waals surface area contributed by atoms with Gasteiger partial charge < -0.3 is 0 Å². The first-order chi connectivity index (χ1) is 8.07. The number of nitriles is 1. The predicted molar refractivity (Wildman–Crippen MR) is 75.2 cm³/mol. The Morgan fingerprint density at radius 3 is 2.47 bits per heavy atom. The molecule has 2 nitrogen and oxygen atoms in total. The number of halogens is 1. The van der Waals surface area contributed by atoms with Crippen molar-refractivity contribution in [3.05, 3.63) is 28.5 Å². The Hall–Kier alpha value is -0.900. The van der Waals surface area contributed by atoms with Crippen LogP contribution in [-0.4, -0.2) is 10.3 Å². The van der Waals surface area contributed by atoms with Crippen molar-refractivity contribution in [2.24, 2.45) is 0 Å². The van der Waals surface area contributed by atoms with Crippen LogP contribution >= 0.6 is 20.5 Å². The summed E-state index contributed by atoms with van der Waals surface area (Å²) in [6, 6.07) is 6.04. The summed E-state index contributed by atoms with van der Waals surface area (Å²) in [5.41, 5.74) is 1.41. The van der Waals surface area contributed by atoms with Crippen LogP contribution in [0.3, 0.4) is 0 Å². The van der Waals surface area contributed by atoms with E-state index in [2.05, 4.69) is 19.9 Å².